The van der Waals surface area contributed by atoms with Crippen LogP contribution in [0.2, 0.25) is 0 Å². The third-order valence-electron chi connectivity index (χ3n) is 3.59. The van der Waals surface area contributed by atoms with Gasteiger partial charge >= 0.3 is 0 Å². The molecule has 1 heterocycles. The zero-order chi connectivity index (χ0) is 18.7. The van der Waals surface area contributed by atoms with Crippen LogP contribution in [-0.4, -0.2) is 23.1 Å². The highest BCUT2D eigenvalue weighted by Gasteiger charge is 2.24. The standard InChI is InChI=1S/C17H16N4O4S/c18-15-11-17(23)20(12-16(22)19-13-7-3-1-4-8-13)21(15)26(24,25)14-9-5-2-6-10-14/h1-11H,12,18H2,(H,19,22). The number of carbonyl (C=O) groups excluding carboxylic acids is 1. The minimum absolute atomic E-state index is 0.0421. The Morgan fingerprint density at radius 3 is 2.19 bits per heavy atom. The van der Waals surface area contributed by atoms with Crippen molar-refractivity contribution in [1.29, 1.82) is 0 Å². The van der Waals surface area contributed by atoms with Crippen molar-refractivity contribution < 1.29 is 13.2 Å². The molecule has 0 bridgehead atoms. The molecule has 0 spiro atoms. The average molecular weight is 372 g/mol. The van der Waals surface area contributed by atoms with Gasteiger partial charge in [0.1, 0.15) is 12.4 Å². The molecule has 3 N–H and O–H groups in total. The molecule has 0 saturated carbocycles. The summed E-state index contributed by atoms with van der Waals surface area (Å²) in [4.78, 5) is 24.3. The lowest BCUT2D eigenvalue weighted by molar-refractivity contribution is -0.117. The van der Waals surface area contributed by atoms with E-state index in [1.807, 2.05) is 0 Å². The second-order valence-corrected chi connectivity index (χ2v) is 7.21. The Morgan fingerprint density at radius 2 is 1.58 bits per heavy atom. The Morgan fingerprint density at radius 1 is 1.00 bits per heavy atom. The highest BCUT2D eigenvalue weighted by atomic mass is 32.2. The van der Waals surface area contributed by atoms with Gasteiger partial charge in [-0.3, -0.25) is 9.59 Å². The molecule has 0 atom stereocenters. The van der Waals surface area contributed by atoms with E-state index in [1.54, 1.807) is 48.5 Å². The molecule has 0 radical (unpaired) electrons. The van der Waals surface area contributed by atoms with Crippen molar-refractivity contribution in [2.24, 2.45) is 0 Å². The Kier molecular flexibility index (Phi) is 4.63. The van der Waals surface area contributed by atoms with Crippen LogP contribution in [0.1, 0.15) is 0 Å². The Labute approximate surface area is 149 Å². The lowest BCUT2D eigenvalue weighted by atomic mass is 10.3. The van der Waals surface area contributed by atoms with Crippen molar-refractivity contribution in [2.75, 3.05) is 11.1 Å². The van der Waals surface area contributed by atoms with E-state index in [9.17, 15) is 18.0 Å². The number of aromatic nitrogens is 2. The molecule has 2 aromatic carbocycles. The monoisotopic (exact) mass is 372 g/mol. The first kappa shape index (κ1) is 17.5. The molecule has 0 aliphatic rings. The van der Waals surface area contributed by atoms with Crippen LogP contribution in [0.25, 0.3) is 0 Å². The zero-order valence-electron chi connectivity index (χ0n) is 13.6. The number of benzene rings is 2. The number of nitrogen functional groups attached to an aromatic ring is 1. The topological polar surface area (TPSA) is 116 Å². The van der Waals surface area contributed by atoms with Crippen LogP contribution in [0.15, 0.2) is 76.4 Å². The van der Waals surface area contributed by atoms with E-state index in [-0.39, 0.29) is 10.7 Å². The van der Waals surface area contributed by atoms with Gasteiger partial charge in [-0.15, -0.1) is 0 Å². The number of hydrogen-bond acceptors (Lipinski definition) is 5. The molecule has 26 heavy (non-hydrogen) atoms. The number of para-hydroxylation sites is 1. The normalized spacial score (nSPS) is 11.2. The largest absolute Gasteiger partial charge is 0.383 e. The second kappa shape index (κ2) is 6.89. The number of nitrogens with zero attached hydrogens (tertiary/aromatic N) is 2. The SMILES string of the molecule is Nc1cc(=O)n(CC(=O)Nc2ccccc2)n1S(=O)(=O)c1ccccc1. The van der Waals surface area contributed by atoms with E-state index in [4.69, 9.17) is 5.73 Å². The zero-order valence-corrected chi connectivity index (χ0v) is 14.4. The van der Waals surface area contributed by atoms with Crippen molar-refractivity contribution in [3.63, 3.8) is 0 Å². The number of nitrogens with two attached hydrogens (primary N) is 1. The van der Waals surface area contributed by atoms with Gasteiger partial charge in [-0.2, -0.15) is 12.5 Å². The molecular formula is C17H16N4O4S. The molecule has 1 aromatic heterocycles. The summed E-state index contributed by atoms with van der Waals surface area (Å²) in [6, 6.07) is 17.1. The van der Waals surface area contributed by atoms with Gasteiger partial charge in [0.05, 0.1) is 4.90 Å². The van der Waals surface area contributed by atoms with Gasteiger partial charge in [-0.25, -0.2) is 4.68 Å². The van der Waals surface area contributed by atoms with E-state index >= 15 is 0 Å². The first-order valence-electron chi connectivity index (χ1n) is 7.63. The van der Waals surface area contributed by atoms with Crippen molar-refractivity contribution in [2.45, 2.75) is 11.4 Å². The van der Waals surface area contributed by atoms with Crippen LogP contribution in [0.4, 0.5) is 11.5 Å². The van der Waals surface area contributed by atoms with Crippen LogP contribution >= 0.6 is 0 Å². The first-order valence-corrected chi connectivity index (χ1v) is 9.07. The molecule has 1 amide bonds. The number of anilines is 2. The van der Waals surface area contributed by atoms with Crippen LogP contribution < -0.4 is 16.6 Å². The minimum atomic E-state index is -4.12. The highest BCUT2D eigenvalue weighted by molar-refractivity contribution is 7.90. The molecule has 0 aliphatic heterocycles. The Balaban J connectivity index is 1.97. The first-order chi connectivity index (χ1) is 12.4. The van der Waals surface area contributed by atoms with E-state index in [2.05, 4.69) is 5.32 Å². The van der Waals surface area contributed by atoms with E-state index in [0.29, 0.717) is 9.77 Å². The Bertz CT molecular complexity index is 1090. The van der Waals surface area contributed by atoms with Crippen molar-refractivity contribution in [1.82, 2.24) is 8.77 Å². The van der Waals surface area contributed by atoms with Gasteiger partial charge in [0, 0.05) is 11.8 Å². The van der Waals surface area contributed by atoms with Crippen LogP contribution in [0, 0.1) is 0 Å². The summed E-state index contributed by atoms with van der Waals surface area (Å²) in [7, 11) is -4.12. The summed E-state index contributed by atoms with van der Waals surface area (Å²) < 4.78 is 27.1. The molecule has 3 rings (SSSR count). The quantitative estimate of drug-likeness (QED) is 0.696. The number of hydrogen-bond donors (Lipinski definition) is 2. The number of carbonyl (C=O) groups is 1. The summed E-state index contributed by atoms with van der Waals surface area (Å²) in [5, 5.41) is 2.60. The van der Waals surface area contributed by atoms with Gasteiger partial charge in [-0.1, -0.05) is 36.4 Å². The van der Waals surface area contributed by atoms with Gasteiger partial charge < -0.3 is 11.1 Å². The van der Waals surface area contributed by atoms with E-state index in [0.717, 1.165) is 10.7 Å². The van der Waals surface area contributed by atoms with Gasteiger partial charge in [0.25, 0.3) is 15.6 Å². The molecule has 134 valence electrons. The van der Waals surface area contributed by atoms with E-state index < -0.39 is 28.0 Å². The van der Waals surface area contributed by atoms with Crippen LogP contribution in [0.5, 0.6) is 0 Å². The molecule has 0 aliphatic carbocycles. The summed E-state index contributed by atoms with van der Waals surface area (Å²) in [5.74, 6) is -0.827. The molecule has 0 unspecified atom stereocenters. The fourth-order valence-electron chi connectivity index (χ4n) is 2.45. The Hall–Kier alpha value is -3.33. The van der Waals surface area contributed by atoms with E-state index in [1.165, 1.54) is 12.1 Å². The predicted octanol–water partition coefficient (Wildman–Crippen LogP) is 1.11. The predicted molar refractivity (Wildman–Crippen MR) is 97.2 cm³/mol. The lowest BCUT2D eigenvalue weighted by Gasteiger charge is -2.14. The molecule has 0 saturated heterocycles. The molecule has 0 fully saturated rings. The van der Waals surface area contributed by atoms with Gasteiger partial charge in [0.2, 0.25) is 5.91 Å². The molecule has 9 heteroatoms. The maximum absolute atomic E-state index is 12.8. The van der Waals surface area contributed by atoms with Crippen LogP contribution in [-0.2, 0) is 21.4 Å². The van der Waals surface area contributed by atoms with Crippen LogP contribution in [0.3, 0.4) is 0 Å². The fourth-order valence-corrected chi connectivity index (χ4v) is 3.87. The molecule has 3 aromatic rings. The second-order valence-electron chi connectivity index (χ2n) is 5.44. The van der Waals surface area contributed by atoms with Crippen molar-refractivity contribution in [3.8, 4) is 0 Å². The molecular weight excluding hydrogens is 356 g/mol. The lowest BCUT2D eigenvalue weighted by Crippen LogP contribution is -2.33. The third kappa shape index (κ3) is 3.38. The highest BCUT2D eigenvalue weighted by Crippen LogP contribution is 2.16. The smallest absolute Gasteiger partial charge is 0.283 e. The number of rotatable bonds is 5. The van der Waals surface area contributed by atoms with Crippen molar-refractivity contribution in [3.05, 3.63) is 77.1 Å². The number of nitrogens with one attached hydrogen (secondary N) is 1. The minimum Gasteiger partial charge on any atom is -0.383 e. The number of amides is 1. The fraction of sp³-hybridized carbons (Fsp3) is 0.0588. The third-order valence-corrected chi connectivity index (χ3v) is 5.32. The summed E-state index contributed by atoms with van der Waals surface area (Å²) >= 11 is 0. The summed E-state index contributed by atoms with van der Waals surface area (Å²) in [5.41, 5.74) is 5.57. The van der Waals surface area contributed by atoms with Gasteiger partial charge in [0.15, 0.2) is 0 Å². The molecule has 8 nitrogen and oxygen atoms in total. The van der Waals surface area contributed by atoms with Gasteiger partial charge in [-0.05, 0) is 24.3 Å². The average Bonchev–Trinajstić information content (AvgIpc) is 2.90. The summed E-state index contributed by atoms with van der Waals surface area (Å²) in [6.45, 7) is -0.503. The maximum Gasteiger partial charge on any atom is 0.283 e. The van der Waals surface area contributed by atoms with Crippen molar-refractivity contribution >= 4 is 27.4 Å². The summed E-state index contributed by atoms with van der Waals surface area (Å²) in [6.07, 6.45) is 0. The maximum atomic E-state index is 12.8.